The zero-order chi connectivity index (χ0) is 21.7. The molecule has 30 heavy (non-hydrogen) atoms. The summed E-state index contributed by atoms with van der Waals surface area (Å²) in [7, 11) is 0. The number of amides is 1. The molecule has 0 radical (unpaired) electrons. The van der Waals surface area contributed by atoms with Crippen molar-refractivity contribution in [3.8, 4) is 0 Å². The minimum absolute atomic E-state index is 0.170. The van der Waals surface area contributed by atoms with E-state index in [1.165, 1.54) is 29.6 Å². The number of nitrogens with one attached hydrogen (secondary N) is 1. The molecule has 0 bridgehead atoms. The molecule has 2 aromatic carbocycles. The monoisotopic (exact) mass is 449 g/mol. The first kappa shape index (κ1) is 22.2. The van der Waals surface area contributed by atoms with Gasteiger partial charge in [0.05, 0.1) is 11.3 Å². The van der Waals surface area contributed by atoms with Crippen LogP contribution in [0.2, 0.25) is 0 Å². The summed E-state index contributed by atoms with van der Waals surface area (Å²) in [5, 5.41) is 3.34. The van der Waals surface area contributed by atoms with Crippen LogP contribution in [-0.4, -0.2) is 21.6 Å². The molecular formula is C21H18F3N3OS2. The minimum Gasteiger partial charge on any atom is -0.325 e. The Morgan fingerprint density at radius 2 is 1.63 bits per heavy atom. The Balaban J connectivity index is 1.56. The largest absolute Gasteiger partial charge is 0.416 e. The first-order chi connectivity index (χ1) is 14.2. The molecule has 1 N–H and O–H groups in total. The molecule has 0 atom stereocenters. The third-order valence-electron chi connectivity index (χ3n) is 3.83. The van der Waals surface area contributed by atoms with Gasteiger partial charge in [-0.15, -0.1) is 0 Å². The molecule has 3 aromatic rings. The molecule has 1 aromatic heterocycles. The van der Waals surface area contributed by atoms with Crippen LogP contribution in [0.1, 0.15) is 17.0 Å². The maximum absolute atomic E-state index is 12.8. The highest BCUT2D eigenvalue weighted by Crippen LogP contribution is 2.34. The quantitative estimate of drug-likeness (QED) is 0.370. The fourth-order valence-corrected chi connectivity index (χ4v) is 4.19. The lowest BCUT2D eigenvalue weighted by atomic mass is 10.2. The van der Waals surface area contributed by atoms with Crippen LogP contribution in [0.3, 0.4) is 0 Å². The third-order valence-corrected chi connectivity index (χ3v) is 5.67. The summed E-state index contributed by atoms with van der Waals surface area (Å²) in [4.78, 5) is 22.0. The molecule has 0 aliphatic carbocycles. The number of aryl methyl sites for hydroxylation is 2. The smallest absolute Gasteiger partial charge is 0.325 e. The van der Waals surface area contributed by atoms with E-state index in [0.29, 0.717) is 15.7 Å². The number of carbonyl (C=O) groups excluding carboxylic acids is 1. The van der Waals surface area contributed by atoms with Gasteiger partial charge in [0.15, 0.2) is 5.16 Å². The van der Waals surface area contributed by atoms with Crippen molar-refractivity contribution in [1.29, 1.82) is 0 Å². The highest BCUT2D eigenvalue weighted by molar-refractivity contribution is 7.99. The van der Waals surface area contributed by atoms with E-state index in [1.807, 2.05) is 19.9 Å². The van der Waals surface area contributed by atoms with E-state index < -0.39 is 11.7 Å². The minimum atomic E-state index is -4.37. The van der Waals surface area contributed by atoms with Crippen molar-refractivity contribution in [2.24, 2.45) is 0 Å². The van der Waals surface area contributed by atoms with Crippen LogP contribution in [-0.2, 0) is 11.0 Å². The Bertz CT molecular complexity index is 1020. The average Bonchev–Trinajstić information content (AvgIpc) is 2.67. The van der Waals surface area contributed by atoms with Crippen LogP contribution in [0.25, 0.3) is 0 Å². The van der Waals surface area contributed by atoms with E-state index in [4.69, 9.17) is 0 Å². The number of nitrogens with zero attached hydrogens (tertiary/aromatic N) is 2. The van der Waals surface area contributed by atoms with Crippen LogP contribution >= 0.6 is 23.5 Å². The molecule has 0 aliphatic heterocycles. The summed E-state index contributed by atoms with van der Waals surface area (Å²) in [6, 6.07) is 14.0. The number of hydrogen-bond acceptors (Lipinski definition) is 5. The number of benzene rings is 2. The van der Waals surface area contributed by atoms with Gasteiger partial charge in [-0.25, -0.2) is 9.97 Å². The number of hydrogen-bond donors (Lipinski definition) is 1. The molecule has 4 nitrogen and oxygen atoms in total. The van der Waals surface area contributed by atoms with E-state index in [1.54, 1.807) is 30.3 Å². The van der Waals surface area contributed by atoms with Crippen molar-refractivity contribution in [2.45, 2.75) is 35.0 Å². The van der Waals surface area contributed by atoms with Crippen LogP contribution in [0.4, 0.5) is 18.9 Å². The molecule has 0 aliphatic rings. The van der Waals surface area contributed by atoms with Gasteiger partial charge in [0, 0.05) is 26.9 Å². The van der Waals surface area contributed by atoms with Crippen LogP contribution in [0.5, 0.6) is 0 Å². The Labute approximate surface area is 180 Å². The summed E-state index contributed by atoms with van der Waals surface area (Å²) >= 11 is 2.48. The molecule has 1 heterocycles. The third kappa shape index (κ3) is 6.50. The fraction of sp³-hybridized carbons (Fsp3) is 0.190. The summed E-state index contributed by atoms with van der Waals surface area (Å²) in [5.41, 5.74) is 1.62. The predicted molar refractivity (Wildman–Crippen MR) is 113 cm³/mol. The standard InChI is InChI=1S/C21H18F3N3OS2/c1-13-10-14(2)26-20(25-13)29-12-19(28)27-16-6-8-17(9-7-16)30-18-5-3-4-15(11-18)21(22,23)24/h3-11H,12H2,1-2H3,(H,27,28). The van der Waals surface area contributed by atoms with E-state index in [9.17, 15) is 18.0 Å². The van der Waals surface area contributed by atoms with Crippen molar-refractivity contribution in [1.82, 2.24) is 9.97 Å². The highest BCUT2D eigenvalue weighted by atomic mass is 32.2. The molecule has 0 fully saturated rings. The number of rotatable bonds is 6. The number of thioether (sulfide) groups is 1. The maximum Gasteiger partial charge on any atom is 0.416 e. The van der Waals surface area contributed by atoms with Gasteiger partial charge in [-0.3, -0.25) is 4.79 Å². The van der Waals surface area contributed by atoms with E-state index >= 15 is 0 Å². The maximum atomic E-state index is 12.8. The summed E-state index contributed by atoms with van der Waals surface area (Å²) in [6.45, 7) is 3.75. The Kier molecular flexibility index (Phi) is 7.04. The topological polar surface area (TPSA) is 54.9 Å². The summed E-state index contributed by atoms with van der Waals surface area (Å²) in [6.07, 6.45) is -4.37. The van der Waals surface area contributed by atoms with Gasteiger partial charge in [0.1, 0.15) is 0 Å². The molecular weight excluding hydrogens is 431 g/mol. The Morgan fingerprint density at radius 3 is 2.27 bits per heavy atom. The van der Waals surface area contributed by atoms with Gasteiger partial charge in [0.2, 0.25) is 5.91 Å². The Hall–Kier alpha value is -2.52. The number of alkyl halides is 3. The second kappa shape index (κ2) is 9.53. The fourth-order valence-electron chi connectivity index (χ4n) is 2.56. The van der Waals surface area contributed by atoms with E-state index in [0.717, 1.165) is 28.4 Å². The molecule has 156 valence electrons. The molecule has 0 saturated heterocycles. The van der Waals surface area contributed by atoms with Gasteiger partial charge < -0.3 is 5.32 Å². The predicted octanol–water partition coefficient (Wildman–Crippen LogP) is 5.99. The average molecular weight is 450 g/mol. The zero-order valence-corrected chi connectivity index (χ0v) is 17.8. The SMILES string of the molecule is Cc1cc(C)nc(SCC(=O)Nc2ccc(Sc3cccc(C(F)(F)F)c3)cc2)n1. The highest BCUT2D eigenvalue weighted by Gasteiger charge is 2.30. The lowest BCUT2D eigenvalue weighted by Gasteiger charge is -2.09. The van der Waals surface area contributed by atoms with Gasteiger partial charge in [0.25, 0.3) is 0 Å². The van der Waals surface area contributed by atoms with Crippen LogP contribution in [0, 0.1) is 13.8 Å². The second-order valence-electron chi connectivity index (χ2n) is 6.42. The van der Waals surface area contributed by atoms with Crippen LogP contribution in [0.15, 0.2) is 69.5 Å². The van der Waals surface area contributed by atoms with E-state index in [2.05, 4.69) is 15.3 Å². The lowest BCUT2D eigenvalue weighted by Crippen LogP contribution is -2.14. The normalized spacial score (nSPS) is 11.4. The number of halogens is 3. The molecule has 9 heteroatoms. The van der Waals surface area contributed by atoms with Crippen LogP contribution < -0.4 is 5.32 Å². The first-order valence-electron chi connectivity index (χ1n) is 8.89. The molecule has 3 rings (SSSR count). The van der Waals surface area contributed by atoms with Crippen molar-refractivity contribution < 1.29 is 18.0 Å². The van der Waals surface area contributed by atoms with E-state index in [-0.39, 0.29) is 11.7 Å². The summed E-state index contributed by atoms with van der Waals surface area (Å²) in [5.74, 6) is -0.0232. The molecule has 0 unspecified atom stereocenters. The number of anilines is 1. The van der Waals surface area contributed by atoms with Gasteiger partial charge in [-0.2, -0.15) is 13.2 Å². The molecule has 0 spiro atoms. The van der Waals surface area contributed by atoms with Gasteiger partial charge in [-0.05, 0) is 62.4 Å². The Morgan fingerprint density at radius 1 is 0.967 bits per heavy atom. The van der Waals surface area contributed by atoms with Gasteiger partial charge in [-0.1, -0.05) is 29.6 Å². The number of carbonyl (C=O) groups is 1. The molecule has 1 amide bonds. The lowest BCUT2D eigenvalue weighted by molar-refractivity contribution is -0.137. The molecule has 0 saturated carbocycles. The van der Waals surface area contributed by atoms with Gasteiger partial charge >= 0.3 is 6.18 Å². The van der Waals surface area contributed by atoms with Crippen molar-refractivity contribution in [3.05, 3.63) is 71.5 Å². The zero-order valence-electron chi connectivity index (χ0n) is 16.2. The summed E-state index contributed by atoms with van der Waals surface area (Å²) < 4.78 is 38.5. The first-order valence-corrected chi connectivity index (χ1v) is 10.7. The van der Waals surface area contributed by atoms with Crippen molar-refractivity contribution in [2.75, 3.05) is 11.1 Å². The second-order valence-corrected chi connectivity index (χ2v) is 8.51. The van der Waals surface area contributed by atoms with Crippen molar-refractivity contribution >= 4 is 35.1 Å². The number of aromatic nitrogens is 2. The van der Waals surface area contributed by atoms with Crippen molar-refractivity contribution in [3.63, 3.8) is 0 Å².